The summed E-state index contributed by atoms with van der Waals surface area (Å²) < 4.78 is 58.3. The van der Waals surface area contributed by atoms with Crippen LogP contribution in [0.4, 0.5) is 13.2 Å². The Morgan fingerprint density at radius 2 is 1.59 bits per heavy atom. The Labute approximate surface area is 126 Å². The summed E-state index contributed by atoms with van der Waals surface area (Å²) in [4.78, 5) is 0.145. The topological polar surface area (TPSA) is 46.5 Å². The lowest BCUT2D eigenvalue weighted by Crippen LogP contribution is -2.54. The predicted molar refractivity (Wildman–Crippen MR) is 73.7 cm³/mol. The minimum atomic E-state index is -5.04. The molecule has 0 bridgehead atoms. The molecule has 0 radical (unpaired) electrons. The summed E-state index contributed by atoms with van der Waals surface area (Å²) in [7, 11) is -2.14. The van der Waals surface area contributed by atoms with Gasteiger partial charge in [0.2, 0.25) is 11.0 Å². The molecule has 0 aliphatic carbocycles. The van der Waals surface area contributed by atoms with Gasteiger partial charge in [-0.3, -0.25) is 4.21 Å². The van der Waals surface area contributed by atoms with E-state index in [-0.39, 0.29) is 10.6 Å². The Morgan fingerprint density at radius 3 is 2.18 bits per heavy atom. The number of hydrogen-bond donors (Lipinski definition) is 1. The van der Waals surface area contributed by atoms with E-state index in [9.17, 15) is 22.5 Å². The third-order valence-corrected chi connectivity index (χ3v) is 5.08. The molecule has 116 valence electrons. The van der Waals surface area contributed by atoms with E-state index < -0.39 is 33.6 Å². The summed E-state index contributed by atoms with van der Waals surface area (Å²) in [6.45, 7) is 0. The summed E-state index contributed by atoms with van der Waals surface area (Å²) in [6.07, 6.45) is -5.04. The van der Waals surface area contributed by atoms with Gasteiger partial charge in [0.1, 0.15) is 16.5 Å². The first-order chi connectivity index (χ1) is 10.4. The average Bonchev–Trinajstić information content (AvgIpc) is 2.84. The SMILES string of the molecule is O=S1c2ccccc2OC1C(O)(c1ccccc1)C(F)(F)F. The van der Waals surface area contributed by atoms with Crippen LogP contribution in [0.2, 0.25) is 0 Å². The molecule has 3 rings (SSSR count). The van der Waals surface area contributed by atoms with Crippen molar-refractivity contribution in [1.82, 2.24) is 0 Å². The van der Waals surface area contributed by atoms with Gasteiger partial charge >= 0.3 is 6.18 Å². The molecule has 0 saturated heterocycles. The Hall–Kier alpha value is -1.86. The van der Waals surface area contributed by atoms with Crippen molar-refractivity contribution >= 4 is 10.8 Å². The van der Waals surface area contributed by atoms with Crippen molar-refractivity contribution in [2.45, 2.75) is 22.1 Å². The first-order valence-corrected chi connectivity index (χ1v) is 7.58. The molecule has 3 unspecified atom stereocenters. The maximum atomic E-state index is 13.6. The van der Waals surface area contributed by atoms with Gasteiger partial charge in [0.25, 0.3) is 0 Å². The van der Waals surface area contributed by atoms with Crippen LogP contribution in [-0.4, -0.2) is 20.9 Å². The third-order valence-electron chi connectivity index (χ3n) is 3.48. The highest BCUT2D eigenvalue weighted by Crippen LogP contribution is 2.48. The normalized spacial score (nSPS) is 23.5. The van der Waals surface area contributed by atoms with E-state index in [2.05, 4.69) is 0 Å². The van der Waals surface area contributed by atoms with Gasteiger partial charge < -0.3 is 9.84 Å². The highest BCUT2D eigenvalue weighted by atomic mass is 32.2. The van der Waals surface area contributed by atoms with E-state index in [1.54, 1.807) is 12.1 Å². The van der Waals surface area contributed by atoms with E-state index in [1.165, 1.54) is 30.3 Å². The van der Waals surface area contributed by atoms with Gasteiger partial charge in [0.05, 0.1) is 4.90 Å². The molecule has 2 aromatic rings. The van der Waals surface area contributed by atoms with Crippen LogP contribution >= 0.6 is 0 Å². The molecule has 1 aliphatic heterocycles. The predicted octanol–water partition coefficient (Wildman–Crippen LogP) is 2.96. The van der Waals surface area contributed by atoms with Gasteiger partial charge in [-0.15, -0.1) is 0 Å². The Bertz CT molecular complexity index is 717. The second-order valence-electron chi connectivity index (χ2n) is 4.82. The molecule has 0 saturated carbocycles. The van der Waals surface area contributed by atoms with Gasteiger partial charge in [-0.05, 0) is 17.7 Å². The van der Waals surface area contributed by atoms with Crippen molar-refractivity contribution in [3.63, 3.8) is 0 Å². The molecule has 3 nitrogen and oxygen atoms in total. The van der Waals surface area contributed by atoms with Crippen LogP contribution in [0.1, 0.15) is 5.56 Å². The molecule has 1 aliphatic rings. The number of para-hydroxylation sites is 1. The van der Waals surface area contributed by atoms with E-state index in [1.807, 2.05) is 0 Å². The van der Waals surface area contributed by atoms with Crippen molar-refractivity contribution in [3.05, 3.63) is 60.2 Å². The number of benzene rings is 2. The van der Waals surface area contributed by atoms with Gasteiger partial charge in [0, 0.05) is 0 Å². The first kappa shape index (κ1) is 15.1. The Balaban J connectivity index is 2.12. The minimum absolute atomic E-state index is 0.0874. The lowest BCUT2D eigenvalue weighted by Gasteiger charge is -2.34. The maximum absolute atomic E-state index is 13.6. The molecule has 7 heteroatoms. The van der Waals surface area contributed by atoms with E-state index in [0.717, 1.165) is 12.1 Å². The molecule has 22 heavy (non-hydrogen) atoms. The first-order valence-electron chi connectivity index (χ1n) is 6.36. The number of fused-ring (bicyclic) bond motifs is 1. The fourth-order valence-corrected chi connectivity index (χ4v) is 3.88. The fourth-order valence-electron chi connectivity index (χ4n) is 2.35. The number of halogens is 3. The van der Waals surface area contributed by atoms with E-state index in [4.69, 9.17) is 4.74 Å². The number of aliphatic hydroxyl groups is 1. The average molecular weight is 328 g/mol. The number of rotatable bonds is 2. The molecule has 2 aromatic carbocycles. The summed E-state index contributed by atoms with van der Waals surface area (Å²) in [5.41, 5.74) is -5.72. The number of alkyl halides is 3. The van der Waals surface area contributed by atoms with Gasteiger partial charge in [0.15, 0.2) is 0 Å². The second-order valence-corrected chi connectivity index (χ2v) is 6.29. The van der Waals surface area contributed by atoms with Crippen LogP contribution in [0.25, 0.3) is 0 Å². The smallest absolute Gasteiger partial charge is 0.426 e. The highest BCUT2D eigenvalue weighted by Gasteiger charge is 2.65. The monoisotopic (exact) mass is 328 g/mol. The van der Waals surface area contributed by atoms with Crippen LogP contribution in [0, 0.1) is 0 Å². The lowest BCUT2D eigenvalue weighted by molar-refractivity contribution is -0.280. The zero-order valence-corrected chi connectivity index (χ0v) is 11.9. The van der Waals surface area contributed by atoms with Gasteiger partial charge in [-0.25, -0.2) is 0 Å². The van der Waals surface area contributed by atoms with Crippen molar-refractivity contribution in [1.29, 1.82) is 0 Å². The largest absolute Gasteiger partial charge is 0.472 e. The van der Waals surface area contributed by atoms with Crippen molar-refractivity contribution in [2.24, 2.45) is 0 Å². The molecule has 0 amide bonds. The number of ether oxygens (including phenoxy) is 1. The fraction of sp³-hybridized carbons (Fsp3) is 0.200. The third kappa shape index (κ3) is 2.12. The maximum Gasteiger partial charge on any atom is 0.426 e. The minimum Gasteiger partial charge on any atom is -0.472 e. The van der Waals surface area contributed by atoms with Crippen LogP contribution in [0.3, 0.4) is 0 Å². The standard InChI is InChI=1S/C15H11F3O3S/c16-15(17,18)14(19,10-6-2-1-3-7-10)13-21-11-8-4-5-9-12(11)22(13)20/h1-9,13,19H. The molecule has 1 N–H and O–H groups in total. The summed E-state index contributed by atoms with van der Waals surface area (Å²) in [5.74, 6) is 0.0874. The van der Waals surface area contributed by atoms with Crippen LogP contribution in [0.15, 0.2) is 59.5 Å². The van der Waals surface area contributed by atoms with E-state index in [0.29, 0.717) is 0 Å². The zero-order valence-electron chi connectivity index (χ0n) is 11.1. The van der Waals surface area contributed by atoms with Crippen molar-refractivity contribution in [3.8, 4) is 5.75 Å². The van der Waals surface area contributed by atoms with Gasteiger partial charge in [-0.2, -0.15) is 13.2 Å². The van der Waals surface area contributed by atoms with E-state index >= 15 is 0 Å². The number of hydrogen-bond acceptors (Lipinski definition) is 3. The Morgan fingerprint density at radius 1 is 1.00 bits per heavy atom. The van der Waals surface area contributed by atoms with Crippen LogP contribution in [0.5, 0.6) is 5.75 Å². The molecular weight excluding hydrogens is 317 g/mol. The summed E-state index contributed by atoms with van der Waals surface area (Å²) >= 11 is 0. The lowest BCUT2D eigenvalue weighted by atomic mass is 9.93. The van der Waals surface area contributed by atoms with Crippen molar-refractivity contribution in [2.75, 3.05) is 0 Å². The summed E-state index contributed by atoms with van der Waals surface area (Å²) in [6, 6.07) is 12.5. The molecule has 0 spiro atoms. The van der Waals surface area contributed by atoms with Crippen LogP contribution in [-0.2, 0) is 16.4 Å². The molecule has 1 heterocycles. The quantitative estimate of drug-likeness (QED) is 0.922. The molecule has 0 fully saturated rings. The molecule has 0 aromatic heterocycles. The molecule has 3 atom stereocenters. The Kier molecular flexibility index (Phi) is 3.49. The molecular formula is C15H11F3O3S. The van der Waals surface area contributed by atoms with Crippen LogP contribution < -0.4 is 4.74 Å². The zero-order chi connectivity index (χ0) is 16.0. The summed E-state index contributed by atoms with van der Waals surface area (Å²) in [5, 5.41) is 10.4. The van der Waals surface area contributed by atoms with Gasteiger partial charge in [-0.1, -0.05) is 42.5 Å². The van der Waals surface area contributed by atoms with Crippen molar-refractivity contribution < 1.29 is 27.2 Å². The highest BCUT2D eigenvalue weighted by molar-refractivity contribution is 7.86. The second kappa shape index (κ2) is 5.10.